The molecule has 3 aromatic rings. The monoisotopic (exact) mass is 349 g/mol. The fourth-order valence-corrected chi connectivity index (χ4v) is 3.27. The van der Waals surface area contributed by atoms with Crippen LogP contribution >= 0.6 is 0 Å². The van der Waals surface area contributed by atoms with Crippen LogP contribution in [0.15, 0.2) is 53.3 Å². The minimum Gasteiger partial charge on any atom is -0.493 e. The summed E-state index contributed by atoms with van der Waals surface area (Å²) < 4.78 is 7.20. The highest BCUT2D eigenvalue weighted by atomic mass is 16.5. The molecule has 0 aliphatic carbocycles. The first-order valence-electron chi connectivity index (χ1n) is 8.58. The highest BCUT2D eigenvalue weighted by molar-refractivity contribution is 5.93. The van der Waals surface area contributed by atoms with Crippen molar-refractivity contribution in [1.82, 2.24) is 14.9 Å². The lowest BCUT2D eigenvalue weighted by molar-refractivity contribution is 0.0932. The topological polar surface area (TPSA) is 73.2 Å². The molecule has 1 N–H and O–H groups in total. The van der Waals surface area contributed by atoms with E-state index in [0.717, 1.165) is 17.7 Å². The number of rotatable bonds is 3. The maximum absolute atomic E-state index is 12.5. The van der Waals surface area contributed by atoms with E-state index in [1.54, 1.807) is 13.1 Å². The van der Waals surface area contributed by atoms with Crippen LogP contribution in [0.2, 0.25) is 0 Å². The third-order valence-electron chi connectivity index (χ3n) is 4.70. The number of nitrogens with zero attached hydrogens (tertiary/aromatic N) is 2. The maximum atomic E-state index is 12.5. The minimum atomic E-state index is -0.449. The van der Waals surface area contributed by atoms with Gasteiger partial charge in [0.05, 0.1) is 17.6 Å². The van der Waals surface area contributed by atoms with Crippen LogP contribution in [0.25, 0.3) is 11.0 Å². The summed E-state index contributed by atoms with van der Waals surface area (Å²) in [6.07, 6.45) is 0.833. The largest absolute Gasteiger partial charge is 0.493 e. The van der Waals surface area contributed by atoms with Crippen LogP contribution in [0, 0.1) is 5.92 Å². The number of para-hydroxylation sites is 3. The predicted octanol–water partition coefficient (Wildman–Crippen LogP) is 1.91. The first-order chi connectivity index (χ1) is 12.6. The summed E-state index contributed by atoms with van der Waals surface area (Å²) >= 11 is 0. The van der Waals surface area contributed by atoms with Gasteiger partial charge in [0.25, 0.3) is 11.5 Å². The number of benzene rings is 2. The summed E-state index contributed by atoms with van der Waals surface area (Å²) in [6, 6.07) is 15.2. The molecule has 26 heavy (non-hydrogen) atoms. The van der Waals surface area contributed by atoms with E-state index < -0.39 is 11.5 Å². The van der Waals surface area contributed by atoms with Crippen LogP contribution in [0.5, 0.6) is 5.75 Å². The number of hydrogen-bond donors (Lipinski definition) is 1. The Kier molecular flexibility index (Phi) is 4.16. The number of fused-ring (bicyclic) bond motifs is 2. The van der Waals surface area contributed by atoms with E-state index in [2.05, 4.69) is 10.3 Å². The van der Waals surface area contributed by atoms with Crippen LogP contribution in [-0.4, -0.2) is 28.6 Å². The Balaban J connectivity index is 1.50. The number of carbonyl (C=O) groups excluding carboxylic acids is 1. The summed E-state index contributed by atoms with van der Waals surface area (Å²) in [5, 5.41) is 2.84. The lowest BCUT2D eigenvalue weighted by atomic mass is 9.97. The highest BCUT2D eigenvalue weighted by Gasteiger charge is 2.22. The molecule has 4 rings (SSSR count). The molecule has 1 amide bonds. The Hall–Kier alpha value is -3.15. The van der Waals surface area contributed by atoms with Gasteiger partial charge in [-0.25, -0.2) is 4.98 Å². The van der Waals surface area contributed by atoms with E-state index >= 15 is 0 Å². The van der Waals surface area contributed by atoms with Crippen molar-refractivity contribution in [2.75, 3.05) is 13.2 Å². The number of hydrogen-bond acceptors (Lipinski definition) is 4. The molecule has 6 heteroatoms. The van der Waals surface area contributed by atoms with E-state index in [9.17, 15) is 9.59 Å². The van der Waals surface area contributed by atoms with E-state index in [1.165, 1.54) is 4.57 Å². The quantitative estimate of drug-likeness (QED) is 0.784. The van der Waals surface area contributed by atoms with Crippen molar-refractivity contribution in [2.24, 2.45) is 13.0 Å². The summed E-state index contributed by atoms with van der Waals surface area (Å²) in [5.74, 6) is 0.619. The molecule has 0 bridgehead atoms. The fraction of sp³-hybridized carbons (Fsp3) is 0.250. The van der Waals surface area contributed by atoms with Crippen molar-refractivity contribution in [2.45, 2.75) is 6.42 Å². The van der Waals surface area contributed by atoms with Gasteiger partial charge < -0.3 is 14.6 Å². The smallest absolute Gasteiger partial charge is 0.282 e. The number of ether oxygens (including phenoxy) is 1. The molecule has 1 aromatic heterocycles. The van der Waals surface area contributed by atoms with Crippen molar-refractivity contribution in [1.29, 1.82) is 0 Å². The zero-order valence-electron chi connectivity index (χ0n) is 14.4. The summed E-state index contributed by atoms with van der Waals surface area (Å²) in [4.78, 5) is 29.2. The highest BCUT2D eigenvalue weighted by Crippen LogP contribution is 2.26. The lowest BCUT2D eigenvalue weighted by Crippen LogP contribution is -2.38. The Bertz CT molecular complexity index is 1040. The first-order valence-corrected chi connectivity index (χ1v) is 8.58. The zero-order chi connectivity index (χ0) is 18.1. The molecule has 6 nitrogen and oxygen atoms in total. The van der Waals surface area contributed by atoms with Gasteiger partial charge in [-0.1, -0.05) is 30.3 Å². The Morgan fingerprint density at radius 1 is 1.23 bits per heavy atom. The molecule has 0 unspecified atom stereocenters. The summed E-state index contributed by atoms with van der Waals surface area (Å²) in [6.45, 7) is 0.977. The molecule has 132 valence electrons. The van der Waals surface area contributed by atoms with Gasteiger partial charge in [0.1, 0.15) is 5.75 Å². The molecule has 1 aliphatic rings. The SMILES string of the molecule is Cn1c(=O)c(C(=O)NC[C@H]2COc3ccccc3C2)nc2ccccc21. The molecule has 0 fully saturated rings. The van der Waals surface area contributed by atoms with Crippen LogP contribution in [0.1, 0.15) is 16.1 Å². The average Bonchev–Trinajstić information content (AvgIpc) is 2.68. The first kappa shape index (κ1) is 16.3. The molecule has 0 saturated heterocycles. The van der Waals surface area contributed by atoms with Crippen LogP contribution in [-0.2, 0) is 13.5 Å². The molecule has 0 radical (unpaired) electrons. The van der Waals surface area contributed by atoms with Gasteiger partial charge in [-0.2, -0.15) is 0 Å². The van der Waals surface area contributed by atoms with Gasteiger partial charge in [-0.3, -0.25) is 9.59 Å². The van der Waals surface area contributed by atoms with Crippen molar-refractivity contribution >= 4 is 16.9 Å². The van der Waals surface area contributed by atoms with Crippen LogP contribution in [0.3, 0.4) is 0 Å². The molecule has 0 spiro atoms. The van der Waals surface area contributed by atoms with Gasteiger partial charge in [-0.15, -0.1) is 0 Å². The van der Waals surface area contributed by atoms with E-state index in [0.29, 0.717) is 24.2 Å². The number of carbonyl (C=O) groups is 1. The fourth-order valence-electron chi connectivity index (χ4n) is 3.27. The number of aromatic nitrogens is 2. The lowest BCUT2D eigenvalue weighted by Gasteiger charge is -2.25. The van der Waals surface area contributed by atoms with E-state index in [-0.39, 0.29) is 11.6 Å². The average molecular weight is 349 g/mol. The third-order valence-corrected chi connectivity index (χ3v) is 4.70. The van der Waals surface area contributed by atoms with Crippen molar-refractivity contribution < 1.29 is 9.53 Å². The summed E-state index contributed by atoms with van der Waals surface area (Å²) in [5.41, 5.74) is 1.98. The number of nitrogens with one attached hydrogen (secondary N) is 1. The molecule has 1 aliphatic heterocycles. The van der Waals surface area contributed by atoms with Crippen molar-refractivity contribution in [3.8, 4) is 5.75 Å². The number of amides is 1. The second-order valence-electron chi connectivity index (χ2n) is 6.51. The third kappa shape index (κ3) is 2.94. The Morgan fingerprint density at radius 3 is 2.88 bits per heavy atom. The maximum Gasteiger partial charge on any atom is 0.282 e. The van der Waals surface area contributed by atoms with E-state index in [1.807, 2.05) is 42.5 Å². The predicted molar refractivity (Wildman–Crippen MR) is 98.4 cm³/mol. The van der Waals surface area contributed by atoms with E-state index in [4.69, 9.17) is 4.74 Å². The van der Waals surface area contributed by atoms with Gasteiger partial charge in [0.15, 0.2) is 5.69 Å². The minimum absolute atomic E-state index is 0.0803. The standard InChI is InChI=1S/C20H19N3O3/c1-23-16-8-4-3-7-15(16)22-18(20(23)25)19(24)21-11-13-10-14-6-2-5-9-17(14)26-12-13/h2-9,13H,10-12H2,1H3,(H,21,24)/t13-/m0/s1. The van der Waals surface area contributed by atoms with Gasteiger partial charge in [0.2, 0.25) is 0 Å². The molecule has 0 saturated carbocycles. The molecule has 2 heterocycles. The second-order valence-corrected chi connectivity index (χ2v) is 6.51. The molecule has 1 atom stereocenters. The van der Waals surface area contributed by atoms with Crippen LogP contribution < -0.4 is 15.6 Å². The zero-order valence-corrected chi connectivity index (χ0v) is 14.4. The molecular formula is C20H19N3O3. The molecule has 2 aromatic carbocycles. The van der Waals surface area contributed by atoms with Crippen molar-refractivity contribution in [3.63, 3.8) is 0 Å². The van der Waals surface area contributed by atoms with Crippen molar-refractivity contribution in [3.05, 3.63) is 70.1 Å². The normalized spacial score (nSPS) is 16.0. The summed E-state index contributed by atoms with van der Waals surface area (Å²) in [7, 11) is 1.65. The van der Waals surface area contributed by atoms with Gasteiger partial charge in [0, 0.05) is 19.5 Å². The second kappa shape index (κ2) is 6.63. The van der Waals surface area contributed by atoms with Crippen LogP contribution in [0.4, 0.5) is 0 Å². The Morgan fingerprint density at radius 2 is 2.00 bits per heavy atom. The van der Waals surface area contributed by atoms with Gasteiger partial charge in [-0.05, 0) is 30.2 Å². The number of aryl methyl sites for hydroxylation is 1. The van der Waals surface area contributed by atoms with Gasteiger partial charge >= 0.3 is 0 Å². The molecular weight excluding hydrogens is 330 g/mol. The Labute approximate surface area is 150 Å².